The molecular formula is C21H18NO. The molecule has 0 bridgehead atoms. The molecule has 2 nitrogen and oxygen atoms in total. The second kappa shape index (κ2) is 7.41. The first-order valence-electron chi connectivity index (χ1n) is 7.64. The van der Waals surface area contributed by atoms with E-state index in [4.69, 9.17) is 0 Å². The third-order valence-corrected chi connectivity index (χ3v) is 3.60. The molecule has 0 unspecified atom stereocenters. The fourth-order valence-electron chi connectivity index (χ4n) is 2.49. The molecule has 0 aliphatic carbocycles. The van der Waals surface area contributed by atoms with Crippen molar-refractivity contribution in [2.75, 3.05) is 0 Å². The van der Waals surface area contributed by atoms with E-state index in [1.165, 1.54) is 0 Å². The first-order valence-corrected chi connectivity index (χ1v) is 7.64. The molecule has 23 heavy (non-hydrogen) atoms. The monoisotopic (exact) mass is 300 g/mol. The number of amides is 1. The first kappa shape index (κ1) is 15.0. The van der Waals surface area contributed by atoms with E-state index in [0.29, 0.717) is 6.42 Å². The van der Waals surface area contributed by atoms with Gasteiger partial charge in [0, 0.05) is 0 Å². The smallest absolute Gasteiger partial charge is 0.225 e. The van der Waals surface area contributed by atoms with E-state index in [1.807, 2.05) is 91.0 Å². The molecule has 113 valence electrons. The number of benzene rings is 3. The van der Waals surface area contributed by atoms with Crippen LogP contribution >= 0.6 is 0 Å². The van der Waals surface area contributed by atoms with Crippen LogP contribution in [-0.4, -0.2) is 5.91 Å². The zero-order valence-corrected chi connectivity index (χ0v) is 12.8. The van der Waals surface area contributed by atoms with Gasteiger partial charge < -0.3 is 5.32 Å². The molecule has 1 radical (unpaired) electrons. The van der Waals surface area contributed by atoms with Gasteiger partial charge in [0.1, 0.15) is 6.04 Å². The summed E-state index contributed by atoms with van der Waals surface area (Å²) in [5, 5.41) is 3.08. The molecule has 3 rings (SSSR count). The van der Waals surface area contributed by atoms with Crippen LogP contribution in [0.2, 0.25) is 0 Å². The van der Waals surface area contributed by atoms with Crippen LogP contribution in [0.3, 0.4) is 0 Å². The fourth-order valence-corrected chi connectivity index (χ4v) is 2.49. The van der Waals surface area contributed by atoms with Crippen molar-refractivity contribution in [3.63, 3.8) is 0 Å². The summed E-state index contributed by atoms with van der Waals surface area (Å²) in [6, 6.07) is 30.5. The largest absolute Gasteiger partial charge is 0.339 e. The summed E-state index contributed by atoms with van der Waals surface area (Å²) in [5.41, 5.74) is 3.01. The third-order valence-electron chi connectivity index (χ3n) is 3.60. The molecule has 3 aromatic rings. The van der Waals surface area contributed by atoms with E-state index in [2.05, 4.69) is 5.32 Å². The molecule has 3 aromatic carbocycles. The Morgan fingerprint density at radius 1 is 0.652 bits per heavy atom. The Bertz CT molecular complexity index is 699. The van der Waals surface area contributed by atoms with Gasteiger partial charge in [0.25, 0.3) is 0 Å². The maximum atomic E-state index is 12.4. The first-order chi connectivity index (χ1) is 11.3. The van der Waals surface area contributed by atoms with Gasteiger partial charge in [0.05, 0.1) is 6.42 Å². The zero-order valence-electron chi connectivity index (χ0n) is 12.8. The van der Waals surface area contributed by atoms with Crippen molar-refractivity contribution in [2.24, 2.45) is 0 Å². The van der Waals surface area contributed by atoms with Crippen LogP contribution in [-0.2, 0) is 11.2 Å². The normalized spacial score (nSPS) is 10.5. The Morgan fingerprint density at radius 2 is 1.09 bits per heavy atom. The van der Waals surface area contributed by atoms with Crippen LogP contribution in [0.5, 0.6) is 0 Å². The highest BCUT2D eigenvalue weighted by molar-refractivity contribution is 5.81. The molecule has 0 aliphatic rings. The van der Waals surface area contributed by atoms with E-state index in [-0.39, 0.29) is 5.91 Å². The minimum atomic E-state index is -0.0149. The molecule has 0 saturated carbocycles. The molecular weight excluding hydrogens is 282 g/mol. The van der Waals surface area contributed by atoms with Crippen LogP contribution in [0.15, 0.2) is 91.0 Å². The number of nitrogens with one attached hydrogen (secondary N) is 1. The molecule has 0 heterocycles. The highest BCUT2D eigenvalue weighted by atomic mass is 16.1. The molecule has 0 aliphatic heterocycles. The molecule has 1 amide bonds. The maximum Gasteiger partial charge on any atom is 0.225 e. The average Bonchev–Trinajstić information content (AvgIpc) is 2.62. The zero-order chi connectivity index (χ0) is 15.9. The summed E-state index contributed by atoms with van der Waals surface area (Å²) in [6.45, 7) is 0. The lowest BCUT2D eigenvalue weighted by Gasteiger charge is -2.18. The predicted octanol–water partition coefficient (Wildman–Crippen LogP) is 3.97. The summed E-state index contributed by atoms with van der Waals surface area (Å²) in [5.74, 6) is -0.0149. The number of carbonyl (C=O) groups excluding carboxylic acids is 1. The lowest BCUT2D eigenvalue weighted by atomic mass is 9.98. The molecule has 0 saturated heterocycles. The Balaban J connectivity index is 1.81. The van der Waals surface area contributed by atoms with E-state index < -0.39 is 0 Å². The van der Waals surface area contributed by atoms with Gasteiger partial charge in [-0.05, 0) is 16.7 Å². The SMILES string of the molecule is O=C(Cc1ccccc1)N[C](c1ccccc1)c1ccccc1. The Hall–Kier alpha value is -2.87. The highest BCUT2D eigenvalue weighted by Gasteiger charge is 2.17. The van der Waals surface area contributed by atoms with Crippen molar-refractivity contribution in [1.82, 2.24) is 5.32 Å². The summed E-state index contributed by atoms with van der Waals surface area (Å²) in [4.78, 5) is 12.4. The quantitative estimate of drug-likeness (QED) is 0.759. The predicted molar refractivity (Wildman–Crippen MR) is 92.6 cm³/mol. The van der Waals surface area contributed by atoms with Gasteiger partial charge in [-0.15, -0.1) is 0 Å². The van der Waals surface area contributed by atoms with Crippen LogP contribution in [0.4, 0.5) is 0 Å². The molecule has 0 fully saturated rings. The van der Waals surface area contributed by atoms with Crippen LogP contribution < -0.4 is 5.32 Å². The Labute approximate surface area is 136 Å². The van der Waals surface area contributed by atoms with Crippen molar-refractivity contribution in [2.45, 2.75) is 6.42 Å². The number of carbonyl (C=O) groups is 1. The standard InChI is InChI=1S/C21H18NO/c23-20(16-17-10-4-1-5-11-17)22-21(18-12-6-2-7-13-18)19-14-8-3-9-15-19/h1-15H,16H2,(H,22,23). The molecule has 0 spiro atoms. The molecule has 0 aromatic heterocycles. The van der Waals surface area contributed by atoms with Gasteiger partial charge in [-0.1, -0.05) is 91.0 Å². The number of rotatable bonds is 5. The minimum Gasteiger partial charge on any atom is -0.339 e. The summed E-state index contributed by atoms with van der Waals surface area (Å²) in [6.07, 6.45) is 0.365. The maximum absolute atomic E-state index is 12.4. The molecule has 2 heteroatoms. The fraction of sp³-hybridized carbons (Fsp3) is 0.0476. The van der Waals surface area contributed by atoms with Crippen molar-refractivity contribution >= 4 is 5.91 Å². The summed E-state index contributed by atoms with van der Waals surface area (Å²) < 4.78 is 0. The van der Waals surface area contributed by atoms with Gasteiger partial charge in [-0.25, -0.2) is 0 Å². The Kier molecular flexibility index (Phi) is 4.85. The van der Waals surface area contributed by atoms with Crippen molar-refractivity contribution in [3.8, 4) is 0 Å². The molecule has 0 atom stereocenters. The number of hydrogen-bond acceptors (Lipinski definition) is 1. The lowest BCUT2D eigenvalue weighted by molar-refractivity contribution is -0.120. The van der Waals surface area contributed by atoms with E-state index >= 15 is 0 Å². The topological polar surface area (TPSA) is 29.1 Å². The highest BCUT2D eigenvalue weighted by Crippen LogP contribution is 2.20. The number of hydrogen-bond donors (Lipinski definition) is 1. The van der Waals surface area contributed by atoms with E-state index in [0.717, 1.165) is 22.7 Å². The summed E-state index contributed by atoms with van der Waals surface area (Å²) in [7, 11) is 0. The van der Waals surface area contributed by atoms with Gasteiger partial charge in [-0.2, -0.15) is 0 Å². The third kappa shape index (κ3) is 4.07. The molecule has 1 N–H and O–H groups in total. The lowest BCUT2D eigenvalue weighted by Crippen LogP contribution is -2.31. The van der Waals surface area contributed by atoms with Gasteiger partial charge in [0.15, 0.2) is 0 Å². The van der Waals surface area contributed by atoms with E-state index in [9.17, 15) is 4.79 Å². The van der Waals surface area contributed by atoms with Crippen LogP contribution in [0.25, 0.3) is 0 Å². The Morgan fingerprint density at radius 3 is 1.57 bits per heavy atom. The average molecular weight is 300 g/mol. The van der Waals surface area contributed by atoms with Crippen LogP contribution in [0.1, 0.15) is 16.7 Å². The second-order valence-corrected chi connectivity index (χ2v) is 5.32. The van der Waals surface area contributed by atoms with Crippen molar-refractivity contribution < 1.29 is 4.79 Å². The van der Waals surface area contributed by atoms with Gasteiger partial charge >= 0.3 is 0 Å². The van der Waals surface area contributed by atoms with Gasteiger partial charge in [0.2, 0.25) is 5.91 Å². The van der Waals surface area contributed by atoms with Crippen molar-refractivity contribution in [3.05, 3.63) is 114 Å². The second-order valence-electron chi connectivity index (χ2n) is 5.32. The van der Waals surface area contributed by atoms with Crippen LogP contribution in [0, 0.1) is 6.04 Å². The van der Waals surface area contributed by atoms with Gasteiger partial charge in [-0.3, -0.25) is 4.79 Å². The minimum absolute atomic E-state index is 0.0149. The summed E-state index contributed by atoms with van der Waals surface area (Å²) >= 11 is 0. The van der Waals surface area contributed by atoms with E-state index in [1.54, 1.807) is 0 Å². The van der Waals surface area contributed by atoms with Crippen molar-refractivity contribution in [1.29, 1.82) is 0 Å².